The molecule has 0 saturated carbocycles. The molecule has 1 aliphatic rings. The van der Waals surface area contributed by atoms with Gasteiger partial charge in [-0.1, -0.05) is 11.6 Å². The van der Waals surface area contributed by atoms with Crippen LogP contribution in [0.4, 0.5) is 4.39 Å². The lowest BCUT2D eigenvalue weighted by molar-refractivity contribution is -0.126. The van der Waals surface area contributed by atoms with E-state index < -0.39 is 21.9 Å². The van der Waals surface area contributed by atoms with Crippen LogP contribution in [0.3, 0.4) is 0 Å². The number of sulfonamides is 1. The first-order valence-corrected chi connectivity index (χ1v) is 7.40. The molecule has 5 nitrogen and oxygen atoms in total. The number of amides is 1. The summed E-state index contributed by atoms with van der Waals surface area (Å²) in [6.45, 7) is 1.82. The maximum Gasteiger partial charge on any atom is 0.245 e. The Morgan fingerprint density at radius 1 is 1.47 bits per heavy atom. The third-order valence-electron chi connectivity index (χ3n) is 2.92. The second-order valence-corrected chi connectivity index (χ2v) is 6.42. The number of carbonyl (C=O) groups is 1. The first-order chi connectivity index (χ1) is 8.84. The lowest BCUT2D eigenvalue weighted by Gasteiger charge is -2.31. The van der Waals surface area contributed by atoms with Crippen LogP contribution in [-0.4, -0.2) is 37.8 Å². The van der Waals surface area contributed by atoms with Crippen LogP contribution in [-0.2, 0) is 14.8 Å². The molecular formula is C11H12ClFN2O3S. The molecule has 1 amide bonds. The lowest BCUT2D eigenvalue weighted by atomic mass is 10.2. The van der Waals surface area contributed by atoms with Gasteiger partial charge in [0, 0.05) is 13.1 Å². The molecule has 1 aromatic rings. The van der Waals surface area contributed by atoms with Gasteiger partial charge in [0.05, 0.1) is 5.02 Å². The highest BCUT2D eigenvalue weighted by molar-refractivity contribution is 7.89. The van der Waals surface area contributed by atoms with Crippen LogP contribution >= 0.6 is 11.6 Å². The van der Waals surface area contributed by atoms with E-state index in [1.54, 1.807) is 0 Å². The second kappa shape index (κ2) is 5.07. The zero-order valence-corrected chi connectivity index (χ0v) is 11.6. The Morgan fingerprint density at radius 2 is 2.16 bits per heavy atom. The number of benzene rings is 1. The predicted octanol–water partition coefficient (Wildman–Crippen LogP) is 0.988. The van der Waals surface area contributed by atoms with Crippen molar-refractivity contribution in [1.82, 2.24) is 9.62 Å². The normalized spacial score (nSPS) is 21.2. The molecule has 0 spiro atoms. The quantitative estimate of drug-likeness (QED) is 0.886. The third-order valence-corrected chi connectivity index (χ3v) is 5.37. The minimum Gasteiger partial charge on any atom is -0.353 e. The highest BCUT2D eigenvalue weighted by atomic mass is 35.5. The van der Waals surface area contributed by atoms with Gasteiger partial charge in [-0.05, 0) is 25.1 Å². The minimum atomic E-state index is -4.00. The second-order valence-electron chi connectivity index (χ2n) is 4.16. The molecule has 1 unspecified atom stereocenters. The van der Waals surface area contributed by atoms with Crippen LogP contribution in [0.5, 0.6) is 0 Å². The van der Waals surface area contributed by atoms with Crippen LogP contribution in [0.2, 0.25) is 5.02 Å². The maximum absolute atomic E-state index is 13.2. The van der Waals surface area contributed by atoms with Crippen molar-refractivity contribution in [3.8, 4) is 0 Å². The Bertz CT molecular complexity index is 620. The van der Waals surface area contributed by atoms with Gasteiger partial charge in [0.1, 0.15) is 16.8 Å². The number of hydrogen-bond donors (Lipinski definition) is 1. The molecule has 0 aromatic heterocycles. The fraction of sp³-hybridized carbons (Fsp3) is 0.364. The zero-order valence-electron chi connectivity index (χ0n) is 10.1. The first-order valence-electron chi connectivity index (χ1n) is 5.58. The van der Waals surface area contributed by atoms with E-state index in [9.17, 15) is 17.6 Å². The summed E-state index contributed by atoms with van der Waals surface area (Å²) in [4.78, 5) is 11.2. The van der Waals surface area contributed by atoms with Gasteiger partial charge >= 0.3 is 0 Å². The highest BCUT2D eigenvalue weighted by Crippen LogP contribution is 2.27. The van der Waals surface area contributed by atoms with Crippen molar-refractivity contribution in [2.24, 2.45) is 0 Å². The van der Waals surface area contributed by atoms with Gasteiger partial charge in [0.2, 0.25) is 15.9 Å². The van der Waals surface area contributed by atoms with E-state index in [2.05, 4.69) is 5.32 Å². The Kier molecular flexibility index (Phi) is 3.80. The van der Waals surface area contributed by atoms with Crippen molar-refractivity contribution < 1.29 is 17.6 Å². The number of carbonyl (C=O) groups excluding carboxylic acids is 1. The maximum atomic E-state index is 13.2. The Hall–Kier alpha value is -1.18. The summed E-state index contributed by atoms with van der Waals surface area (Å²) in [5, 5.41) is 2.49. The van der Waals surface area contributed by atoms with E-state index in [0.29, 0.717) is 0 Å². The number of nitrogens with zero attached hydrogens (tertiary/aromatic N) is 1. The predicted molar refractivity (Wildman–Crippen MR) is 67.8 cm³/mol. The summed E-state index contributed by atoms with van der Waals surface area (Å²) in [5.41, 5.74) is 0. The van der Waals surface area contributed by atoms with Crippen LogP contribution in [0.25, 0.3) is 0 Å². The molecular weight excluding hydrogens is 295 g/mol. The summed E-state index contributed by atoms with van der Waals surface area (Å²) in [6.07, 6.45) is 0. The highest BCUT2D eigenvalue weighted by Gasteiger charge is 2.36. The molecule has 0 aliphatic carbocycles. The molecule has 0 bridgehead atoms. The molecule has 1 saturated heterocycles. The number of piperazine rings is 1. The van der Waals surface area contributed by atoms with Crippen molar-refractivity contribution in [1.29, 1.82) is 0 Å². The van der Waals surface area contributed by atoms with Crippen LogP contribution in [0, 0.1) is 5.82 Å². The van der Waals surface area contributed by atoms with E-state index in [-0.39, 0.29) is 28.9 Å². The van der Waals surface area contributed by atoms with Gasteiger partial charge < -0.3 is 5.32 Å². The number of hydrogen-bond acceptors (Lipinski definition) is 3. The molecule has 1 atom stereocenters. The van der Waals surface area contributed by atoms with Gasteiger partial charge in [0.15, 0.2) is 0 Å². The number of halogens is 2. The SMILES string of the molecule is CC1C(=O)NCCN1S(=O)(=O)c1cc(F)ccc1Cl. The zero-order chi connectivity index (χ0) is 14.2. The minimum absolute atomic E-state index is 0.0698. The fourth-order valence-corrected chi connectivity index (χ4v) is 3.97. The molecule has 1 aromatic carbocycles. The topological polar surface area (TPSA) is 66.5 Å². The third kappa shape index (κ3) is 2.58. The number of nitrogens with one attached hydrogen (secondary N) is 1. The standard InChI is InChI=1S/C11H12ClFN2O3S/c1-7-11(16)14-4-5-15(7)19(17,18)10-6-8(13)2-3-9(10)12/h2-3,6-7H,4-5H2,1H3,(H,14,16). The molecule has 104 valence electrons. The first kappa shape index (κ1) is 14.2. The van der Waals surface area contributed by atoms with Crippen LogP contribution < -0.4 is 5.32 Å². The van der Waals surface area contributed by atoms with Gasteiger partial charge in [-0.15, -0.1) is 0 Å². The van der Waals surface area contributed by atoms with Gasteiger partial charge in [0.25, 0.3) is 0 Å². The van der Waals surface area contributed by atoms with Crippen molar-refractivity contribution in [3.63, 3.8) is 0 Å². The van der Waals surface area contributed by atoms with Gasteiger partial charge in [-0.2, -0.15) is 4.31 Å². The largest absolute Gasteiger partial charge is 0.353 e. The molecule has 1 fully saturated rings. The summed E-state index contributed by atoms with van der Waals surface area (Å²) >= 11 is 5.81. The van der Waals surface area contributed by atoms with Crippen LogP contribution in [0.1, 0.15) is 6.92 Å². The molecule has 1 N–H and O–H groups in total. The Labute approximate surface area is 115 Å². The molecule has 0 radical (unpaired) electrons. The van der Waals surface area contributed by atoms with Gasteiger partial charge in [-0.25, -0.2) is 12.8 Å². The molecule has 2 rings (SSSR count). The average molecular weight is 307 g/mol. The molecule has 8 heteroatoms. The molecule has 19 heavy (non-hydrogen) atoms. The molecule has 1 heterocycles. The van der Waals surface area contributed by atoms with E-state index in [4.69, 9.17) is 11.6 Å². The van der Waals surface area contributed by atoms with E-state index >= 15 is 0 Å². The smallest absolute Gasteiger partial charge is 0.245 e. The van der Waals surface area contributed by atoms with Crippen molar-refractivity contribution in [3.05, 3.63) is 29.0 Å². The van der Waals surface area contributed by atoms with Crippen molar-refractivity contribution in [2.75, 3.05) is 13.1 Å². The van der Waals surface area contributed by atoms with Crippen molar-refractivity contribution in [2.45, 2.75) is 17.9 Å². The summed E-state index contributed by atoms with van der Waals surface area (Å²) < 4.78 is 39.0. The molecule has 1 aliphatic heterocycles. The lowest BCUT2D eigenvalue weighted by Crippen LogP contribution is -2.55. The van der Waals surface area contributed by atoms with Crippen LogP contribution in [0.15, 0.2) is 23.1 Å². The summed E-state index contributed by atoms with van der Waals surface area (Å²) in [6, 6.07) is 2.27. The van der Waals surface area contributed by atoms with E-state index in [1.165, 1.54) is 13.0 Å². The van der Waals surface area contributed by atoms with E-state index in [1.807, 2.05) is 0 Å². The van der Waals surface area contributed by atoms with E-state index in [0.717, 1.165) is 16.4 Å². The van der Waals surface area contributed by atoms with Crippen molar-refractivity contribution >= 4 is 27.5 Å². The Balaban J connectivity index is 2.47. The monoisotopic (exact) mass is 306 g/mol. The summed E-state index contributed by atoms with van der Waals surface area (Å²) in [7, 11) is -4.00. The average Bonchev–Trinajstić information content (AvgIpc) is 2.35. The number of rotatable bonds is 2. The Morgan fingerprint density at radius 3 is 2.84 bits per heavy atom. The summed E-state index contributed by atoms with van der Waals surface area (Å²) in [5.74, 6) is -1.08. The van der Waals surface area contributed by atoms with Gasteiger partial charge in [-0.3, -0.25) is 4.79 Å². The fourth-order valence-electron chi connectivity index (χ4n) is 1.89.